The van der Waals surface area contributed by atoms with E-state index in [-0.39, 0.29) is 17.6 Å². The molecule has 1 fully saturated rings. The standard InChI is InChI=1S/C19H19FN2O3/c1-11-3-6-13(9-16(11)20)21-18(23)19(24)22-17-10-15(17)12-4-7-14(25-2)8-5-12/h3-9,15,17H,10H2,1-2H3,(H,21,23)(H,22,24)/t15-,17+/m1/s1. The molecule has 2 aromatic rings. The van der Waals surface area contributed by atoms with Crippen molar-refractivity contribution < 1.29 is 18.7 Å². The molecule has 25 heavy (non-hydrogen) atoms. The van der Waals surface area contributed by atoms with E-state index < -0.39 is 17.6 Å². The van der Waals surface area contributed by atoms with E-state index in [9.17, 15) is 14.0 Å². The van der Waals surface area contributed by atoms with Crippen molar-refractivity contribution >= 4 is 17.5 Å². The molecule has 5 nitrogen and oxygen atoms in total. The van der Waals surface area contributed by atoms with Gasteiger partial charge in [0.2, 0.25) is 0 Å². The maximum absolute atomic E-state index is 13.5. The second kappa shape index (κ2) is 6.93. The molecule has 0 bridgehead atoms. The summed E-state index contributed by atoms with van der Waals surface area (Å²) in [5.41, 5.74) is 1.82. The van der Waals surface area contributed by atoms with E-state index in [1.807, 2.05) is 24.3 Å². The lowest BCUT2D eigenvalue weighted by molar-refractivity contribution is -0.136. The second-order valence-electron chi connectivity index (χ2n) is 6.11. The van der Waals surface area contributed by atoms with E-state index in [4.69, 9.17) is 4.74 Å². The minimum absolute atomic E-state index is 0.0681. The summed E-state index contributed by atoms with van der Waals surface area (Å²) >= 11 is 0. The van der Waals surface area contributed by atoms with Crippen LogP contribution in [0.25, 0.3) is 0 Å². The number of rotatable bonds is 4. The highest BCUT2D eigenvalue weighted by atomic mass is 19.1. The summed E-state index contributed by atoms with van der Waals surface area (Å²) in [6, 6.07) is 11.9. The van der Waals surface area contributed by atoms with Gasteiger partial charge in [0.05, 0.1) is 7.11 Å². The Bertz CT molecular complexity index is 805. The molecule has 0 spiro atoms. The van der Waals surface area contributed by atoms with E-state index in [0.29, 0.717) is 5.56 Å². The molecule has 2 aromatic carbocycles. The van der Waals surface area contributed by atoms with Crippen LogP contribution in [0.1, 0.15) is 23.5 Å². The number of amides is 2. The van der Waals surface area contributed by atoms with E-state index in [2.05, 4.69) is 10.6 Å². The maximum Gasteiger partial charge on any atom is 0.313 e. The van der Waals surface area contributed by atoms with Crippen LogP contribution in [0.3, 0.4) is 0 Å². The monoisotopic (exact) mass is 342 g/mol. The van der Waals surface area contributed by atoms with Crippen molar-refractivity contribution in [2.24, 2.45) is 0 Å². The van der Waals surface area contributed by atoms with Gasteiger partial charge < -0.3 is 15.4 Å². The zero-order chi connectivity index (χ0) is 18.0. The third kappa shape index (κ3) is 3.96. The van der Waals surface area contributed by atoms with Crippen LogP contribution in [0.5, 0.6) is 5.75 Å². The first-order chi connectivity index (χ1) is 12.0. The maximum atomic E-state index is 13.5. The van der Waals surface area contributed by atoms with E-state index in [1.165, 1.54) is 6.07 Å². The van der Waals surface area contributed by atoms with Crippen molar-refractivity contribution in [1.82, 2.24) is 5.32 Å². The number of carbonyl (C=O) groups is 2. The molecule has 0 unspecified atom stereocenters. The van der Waals surface area contributed by atoms with Crippen LogP contribution in [-0.2, 0) is 9.59 Å². The van der Waals surface area contributed by atoms with Crippen LogP contribution in [-0.4, -0.2) is 25.0 Å². The smallest absolute Gasteiger partial charge is 0.313 e. The fourth-order valence-electron chi connectivity index (χ4n) is 2.67. The average molecular weight is 342 g/mol. The highest BCUT2D eigenvalue weighted by Gasteiger charge is 2.40. The van der Waals surface area contributed by atoms with Crippen LogP contribution in [0.4, 0.5) is 10.1 Å². The van der Waals surface area contributed by atoms with Gasteiger partial charge in [-0.2, -0.15) is 0 Å². The lowest BCUT2D eigenvalue weighted by Gasteiger charge is -2.07. The van der Waals surface area contributed by atoms with Crippen molar-refractivity contribution in [2.75, 3.05) is 12.4 Å². The molecule has 1 aliphatic rings. The van der Waals surface area contributed by atoms with Gasteiger partial charge in [0, 0.05) is 17.6 Å². The van der Waals surface area contributed by atoms with Crippen molar-refractivity contribution in [3.05, 3.63) is 59.4 Å². The fourth-order valence-corrected chi connectivity index (χ4v) is 2.67. The summed E-state index contributed by atoms with van der Waals surface area (Å²) in [4.78, 5) is 23.9. The largest absolute Gasteiger partial charge is 0.497 e. The molecule has 2 amide bonds. The number of carbonyl (C=O) groups excluding carboxylic acids is 2. The number of ether oxygens (including phenoxy) is 1. The van der Waals surface area contributed by atoms with Crippen molar-refractivity contribution in [3.63, 3.8) is 0 Å². The summed E-state index contributed by atoms with van der Waals surface area (Å²) in [6.45, 7) is 1.63. The van der Waals surface area contributed by atoms with Gasteiger partial charge in [0.15, 0.2) is 0 Å². The van der Waals surface area contributed by atoms with Gasteiger partial charge in [-0.15, -0.1) is 0 Å². The average Bonchev–Trinajstić information content (AvgIpc) is 3.37. The SMILES string of the molecule is COc1ccc([C@H]2C[C@@H]2NC(=O)C(=O)Nc2ccc(C)c(F)c2)cc1. The first-order valence-electron chi connectivity index (χ1n) is 8.00. The number of aryl methyl sites for hydroxylation is 1. The molecular formula is C19H19FN2O3. The third-order valence-corrected chi connectivity index (χ3v) is 4.29. The number of methoxy groups -OCH3 is 1. The summed E-state index contributed by atoms with van der Waals surface area (Å²) in [5, 5.41) is 5.11. The normalized spacial score (nSPS) is 18.4. The lowest BCUT2D eigenvalue weighted by Crippen LogP contribution is -2.37. The molecular weight excluding hydrogens is 323 g/mol. The predicted molar refractivity (Wildman–Crippen MR) is 92.0 cm³/mol. The highest BCUT2D eigenvalue weighted by molar-refractivity contribution is 6.39. The first kappa shape index (κ1) is 17.0. The van der Waals surface area contributed by atoms with Gasteiger partial charge in [0.25, 0.3) is 0 Å². The molecule has 2 N–H and O–H groups in total. The highest BCUT2D eigenvalue weighted by Crippen LogP contribution is 2.41. The van der Waals surface area contributed by atoms with Crippen molar-refractivity contribution in [1.29, 1.82) is 0 Å². The van der Waals surface area contributed by atoms with Gasteiger partial charge in [-0.05, 0) is 48.7 Å². The molecule has 0 radical (unpaired) electrons. The summed E-state index contributed by atoms with van der Waals surface area (Å²) in [7, 11) is 1.60. The van der Waals surface area contributed by atoms with Gasteiger partial charge >= 0.3 is 11.8 Å². The Kier molecular flexibility index (Phi) is 4.70. The van der Waals surface area contributed by atoms with E-state index >= 15 is 0 Å². The molecule has 1 aliphatic carbocycles. The zero-order valence-corrected chi connectivity index (χ0v) is 14.0. The predicted octanol–water partition coefficient (Wildman–Crippen LogP) is 2.75. The Hall–Kier alpha value is -2.89. The Morgan fingerprint density at radius 3 is 2.48 bits per heavy atom. The first-order valence-corrected chi connectivity index (χ1v) is 8.00. The van der Waals surface area contributed by atoms with Crippen LogP contribution in [0.15, 0.2) is 42.5 Å². The molecule has 3 rings (SSSR count). The number of benzene rings is 2. The lowest BCUT2D eigenvalue weighted by atomic mass is 10.1. The quantitative estimate of drug-likeness (QED) is 0.840. The van der Waals surface area contributed by atoms with Crippen LogP contribution >= 0.6 is 0 Å². The Balaban J connectivity index is 1.53. The molecule has 6 heteroatoms. The number of anilines is 1. The third-order valence-electron chi connectivity index (χ3n) is 4.29. The molecule has 0 aromatic heterocycles. The number of hydrogen-bond donors (Lipinski definition) is 2. The van der Waals surface area contributed by atoms with Crippen LogP contribution < -0.4 is 15.4 Å². The van der Waals surface area contributed by atoms with Gasteiger partial charge in [-0.1, -0.05) is 18.2 Å². The minimum Gasteiger partial charge on any atom is -0.497 e. The number of halogens is 1. The summed E-state index contributed by atoms with van der Waals surface area (Å²) in [5.74, 6) is -0.986. The van der Waals surface area contributed by atoms with Crippen molar-refractivity contribution in [3.8, 4) is 5.75 Å². The molecule has 1 saturated carbocycles. The van der Waals surface area contributed by atoms with Gasteiger partial charge in [-0.3, -0.25) is 9.59 Å². The summed E-state index contributed by atoms with van der Waals surface area (Å²) in [6.07, 6.45) is 0.782. The van der Waals surface area contributed by atoms with Crippen LogP contribution in [0, 0.1) is 12.7 Å². The number of nitrogens with one attached hydrogen (secondary N) is 2. The molecule has 2 atom stereocenters. The minimum atomic E-state index is -0.802. The van der Waals surface area contributed by atoms with Gasteiger partial charge in [0.1, 0.15) is 11.6 Å². The van der Waals surface area contributed by atoms with E-state index in [1.54, 1.807) is 26.2 Å². The Morgan fingerprint density at radius 1 is 1.12 bits per heavy atom. The Labute approximate surface area is 145 Å². The molecule has 0 aliphatic heterocycles. The molecule has 0 saturated heterocycles. The number of hydrogen-bond acceptors (Lipinski definition) is 3. The van der Waals surface area contributed by atoms with Gasteiger partial charge in [-0.25, -0.2) is 4.39 Å². The van der Waals surface area contributed by atoms with Crippen molar-refractivity contribution in [2.45, 2.75) is 25.3 Å². The second-order valence-corrected chi connectivity index (χ2v) is 6.11. The topological polar surface area (TPSA) is 67.4 Å². The van der Waals surface area contributed by atoms with E-state index in [0.717, 1.165) is 17.7 Å². The summed E-state index contributed by atoms with van der Waals surface area (Å²) < 4.78 is 18.6. The molecule has 130 valence electrons. The Morgan fingerprint density at radius 2 is 1.84 bits per heavy atom. The fraction of sp³-hybridized carbons (Fsp3) is 0.263. The molecule has 0 heterocycles. The van der Waals surface area contributed by atoms with Crippen LogP contribution in [0.2, 0.25) is 0 Å². The zero-order valence-electron chi connectivity index (χ0n) is 14.0.